The molecule has 0 heterocycles. The first-order valence-corrected chi connectivity index (χ1v) is 5.78. The molecule has 1 unspecified atom stereocenters. The van der Waals surface area contributed by atoms with Crippen molar-refractivity contribution < 1.29 is 19.1 Å². The van der Waals surface area contributed by atoms with Gasteiger partial charge in [0.05, 0.1) is 0 Å². The van der Waals surface area contributed by atoms with Gasteiger partial charge >= 0.3 is 5.97 Å². The number of rotatable bonds is 4. The van der Waals surface area contributed by atoms with E-state index in [2.05, 4.69) is 0 Å². The predicted molar refractivity (Wildman–Crippen MR) is 62.3 cm³/mol. The van der Waals surface area contributed by atoms with E-state index in [9.17, 15) is 19.1 Å². The minimum atomic E-state index is -1.24. The zero-order valence-corrected chi connectivity index (χ0v) is 9.97. The Morgan fingerprint density at radius 3 is 2.44 bits per heavy atom. The third-order valence-electron chi connectivity index (χ3n) is 3.02. The van der Waals surface area contributed by atoms with Gasteiger partial charge < -0.3 is 10.0 Å². The van der Waals surface area contributed by atoms with E-state index in [1.807, 2.05) is 0 Å². The van der Waals surface area contributed by atoms with Gasteiger partial charge in [-0.3, -0.25) is 4.79 Å². The summed E-state index contributed by atoms with van der Waals surface area (Å²) < 4.78 is 13.7. The topological polar surface area (TPSA) is 57.6 Å². The van der Waals surface area contributed by atoms with Gasteiger partial charge in [0.25, 0.3) is 0 Å². The van der Waals surface area contributed by atoms with E-state index < -0.39 is 17.8 Å². The van der Waals surface area contributed by atoms with Gasteiger partial charge in [-0.1, -0.05) is 18.2 Å². The number of hydrogen-bond donors (Lipinski definition) is 1. The standard InChI is InChI=1S/C13H14FNO3/c1-8(16)15(9-6-7-9)12(13(17)18)10-4-2-3-5-11(10)14/h2-5,9,12H,6-7H2,1H3,(H,17,18). The van der Waals surface area contributed by atoms with Crippen LogP contribution in [0.3, 0.4) is 0 Å². The Balaban J connectivity index is 2.42. The third kappa shape index (κ3) is 2.34. The third-order valence-corrected chi connectivity index (χ3v) is 3.02. The number of halogens is 1. The molecule has 1 N–H and O–H groups in total. The van der Waals surface area contributed by atoms with Gasteiger partial charge in [0.15, 0.2) is 6.04 Å². The Hall–Kier alpha value is -1.91. The predicted octanol–water partition coefficient (Wildman–Crippen LogP) is 1.96. The zero-order valence-electron chi connectivity index (χ0n) is 9.97. The van der Waals surface area contributed by atoms with Gasteiger partial charge in [0.1, 0.15) is 5.82 Å². The normalized spacial score (nSPS) is 16.1. The Labute approximate surface area is 104 Å². The van der Waals surface area contributed by atoms with Crippen molar-refractivity contribution in [3.63, 3.8) is 0 Å². The fourth-order valence-corrected chi connectivity index (χ4v) is 2.10. The van der Waals surface area contributed by atoms with Gasteiger partial charge in [-0.2, -0.15) is 0 Å². The van der Waals surface area contributed by atoms with Crippen LogP contribution in [0.1, 0.15) is 31.4 Å². The molecule has 1 fully saturated rings. The van der Waals surface area contributed by atoms with Crippen LogP contribution in [0.15, 0.2) is 24.3 Å². The Bertz CT molecular complexity index is 485. The largest absolute Gasteiger partial charge is 0.479 e. The van der Waals surface area contributed by atoms with Crippen molar-refractivity contribution in [2.45, 2.75) is 31.8 Å². The molecule has 0 bridgehead atoms. The molecule has 96 valence electrons. The fourth-order valence-electron chi connectivity index (χ4n) is 2.10. The van der Waals surface area contributed by atoms with Crippen molar-refractivity contribution in [1.29, 1.82) is 0 Å². The van der Waals surface area contributed by atoms with Gasteiger partial charge in [0.2, 0.25) is 5.91 Å². The molecule has 18 heavy (non-hydrogen) atoms. The zero-order chi connectivity index (χ0) is 13.3. The Morgan fingerprint density at radius 1 is 1.39 bits per heavy atom. The molecule has 0 spiro atoms. The van der Waals surface area contributed by atoms with E-state index >= 15 is 0 Å². The first kappa shape index (κ1) is 12.5. The maximum atomic E-state index is 13.7. The summed E-state index contributed by atoms with van der Waals surface area (Å²) in [6.07, 6.45) is 1.55. The van der Waals surface area contributed by atoms with Crippen molar-refractivity contribution in [3.8, 4) is 0 Å². The number of carbonyl (C=O) groups is 2. The molecule has 1 amide bonds. The number of benzene rings is 1. The van der Waals surface area contributed by atoms with Gasteiger partial charge in [-0.25, -0.2) is 9.18 Å². The molecule has 4 nitrogen and oxygen atoms in total. The van der Waals surface area contributed by atoms with E-state index in [4.69, 9.17) is 0 Å². The number of nitrogens with zero attached hydrogens (tertiary/aromatic N) is 1. The molecule has 2 rings (SSSR count). The van der Waals surface area contributed by atoms with Gasteiger partial charge in [-0.15, -0.1) is 0 Å². The van der Waals surface area contributed by atoms with Crippen molar-refractivity contribution in [3.05, 3.63) is 35.6 Å². The minimum absolute atomic E-state index is 0.0344. The average Bonchev–Trinajstić information content (AvgIpc) is 3.10. The van der Waals surface area contributed by atoms with E-state index in [0.717, 1.165) is 12.8 Å². The molecule has 1 aromatic rings. The second-order valence-corrected chi connectivity index (χ2v) is 4.42. The summed E-state index contributed by atoms with van der Waals surface area (Å²) in [5.41, 5.74) is 0.0344. The van der Waals surface area contributed by atoms with Crippen LogP contribution in [0.25, 0.3) is 0 Å². The summed E-state index contributed by atoms with van der Waals surface area (Å²) in [7, 11) is 0. The SMILES string of the molecule is CC(=O)N(C1CC1)C(C(=O)O)c1ccccc1F. The molecule has 1 saturated carbocycles. The molecule has 1 aromatic carbocycles. The molecular weight excluding hydrogens is 237 g/mol. The van der Waals surface area contributed by atoms with Crippen molar-refractivity contribution in [1.82, 2.24) is 4.90 Å². The van der Waals surface area contributed by atoms with E-state index in [1.165, 1.54) is 30.0 Å². The second kappa shape index (κ2) is 4.76. The van der Waals surface area contributed by atoms with Crippen LogP contribution in [-0.4, -0.2) is 27.9 Å². The number of carboxylic acids is 1. The lowest BCUT2D eigenvalue weighted by molar-refractivity contribution is -0.150. The number of carboxylic acid groups (broad SMARTS) is 1. The average molecular weight is 251 g/mol. The first-order chi connectivity index (χ1) is 8.52. The molecule has 0 saturated heterocycles. The molecule has 1 aliphatic carbocycles. The summed E-state index contributed by atoms with van der Waals surface area (Å²) in [4.78, 5) is 24.2. The highest BCUT2D eigenvalue weighted by Crippen LogP contribution is 2.35. The first-order valence-electron chi connectivity index (χ1n) is 5.78. The summed E-state index contributed by atoms with van der Waals surface area (Å²) in [5, 5.41) is 9.29. The molecule has 0 radical (unpaired) electrons. The monoisotopic (exact) mass is 251 g/mol. The number of hydrogen-bond acceptors (Lipinski definition) is 2. The van der Waals surface area contributed by atoms with Crippen molar-refractivity contribution in [2.75, 3.05) is 0 Å². The summed E-state index contributed by atoms with van der Waals surface area (Å²) in [6.45, 7) is 1.31. The summed E-state index contributed by atoms with van der Waals surface area (Å²) in [6, 6.07) is 4.36. The van der Waals surface area contributed by atoms with Crippen LogP contribution in [0.5, 0.6) is 0 Å². The van der Waals surface area contributed by atoms with Gasteiger partial charge in [-0.05, 0) is 18.9 Å². The molecule has 0 aromatic heterocycles. The number of amides is 1. The minimum Gasteiger partial charge on any atom is -0.479 e. The molecule has 5 heteroatoms. The van der Waals surface area contributed by atoms with E-state index in [1.54, 1.807) is 6.07 Å². The highest BCUT2D eigenvalue weighted by Gasteiger charge is 2.40. The maximum absolute atomic E-state index is 13.7. The number of carbonyl (C=O) groups excluding carboxylic acids is 1. The summed E-state index contributed by atoms with van der Waals surface area (Å²) in [5.74, 6) is -2.15. The Morgan fingerprint density at radius 2 is 2.00 bits per heavy atom. The van der Waals surface area contributed by atoms with Gasteiger partial charge in [0, 0.05) is 18.5 Å². The lowest BCUT2D eigenvalue weighted by Crippen LogP contribution is -2.39. The highest BCUT2D eigenvalue weighted by molar-refractivity contribution is 5.84. The maximum Gasteiger partial charge on any atom is 0.331 e. The van der Waals surface area contributed by atoms with Crippen LogP contribution in [0.4, 0.5) is 4.39 Å². The molecule has 0 aliphatic heterocycles. The van der Waals surface area contributed by atoms with Crippen LogP contribution in [-0.2, 0) is 9.59 Å². The number of aliphatic carboxylic acids is 1. The highest BCUT2D eigenvalue weighted by atomic mass is 19.1. The second-order valence-electron chi connectivity index (χ2n) is 4.42. The van der Waals surface area contributed by atoms with Crippen LogP contribution in [0, 0.1) is 5.82 Å². The van der Waals surface area contributed by atoms with Crippen molar-refractivity contribution >= 4 is 11.9 Å². The van der Waals surface area contributed by atoms with E-state index in [0.29, 0.717) is 0 Å². The van der Waals surface area contributed by atoms with Crippen molar-refractivity contribution in [2.24, 2.45) is 0 Å². The lowest BCUT2D eigenvalue weighted by Gasteiger charge is -2.28. The lowest BCUT2D eigenvalue weighted by atomic mass is 10.0. The quantitative estimate of drug-likeness (QED) is 0.890. The van der Waals surface area contributed by atoms with Crippen LogP contribution >= 0.6 is 0 Å². The smallest absolute Gasteiger partial charge is 0.331 e. The Kier molecular flexibility index (Phi) is 3.32. The molecular formula is C13H14FNO3. The molecule has 1 aliphatic rings. The fraction of sp³-hybridized carbons (Fsp3) is 0.385. The van der Waals surface area contributed by atoms with Crippen LogP contribution < -0.4 is 0 Å². The van der Waals surface area contributed by atoms with E-state index in [-0.39, 0.29) is 17.5 Å². The molecule has 1 atom stereocenters. The van der Waals surface area contributed by atoms with Crippen LogP contribution in [0.2, 0.25) is 0 Å². The summed E-state index contributed by atoms with van der Waals surface area (Å²) >= 11 is 0.